The zero-order chi connectivity index (χ0) is 15.9. The lowest BCUT2D eigenvalue weighted by molar-refractivity contribution is 0.122. The molecule has 1 fully saturated rings. The number of anilines is 2. The second-order valence-electron chi connectivity index (χ2n) is 5.27. The van der Waals surface area contributed by atoms with Crippen molar-refractivity contribution < 1.29 is 9.47 Å². The normalized spacial score (nSPS) is 14.6. The zero-order valence-corrected chi connectivity index (χ0v) is 13.2. The largest absolute Gasteiger partial charge is 0.497 e. The van der Waals surface area contributed by atoms with Crippen molar-refractivity contribution in [3.8, 4) is 5.75 Å². The lowest BCUT2D eigenvalue weighted by Gasteiger charge is -2.27. The van der Waals surface area contributed by atoms with Gasteiger partial charge in [0, 0.05) is 19.6 Å². The lowest BCUT2D eigenvalue weighted by Crippen LogP contribution is -2.37. The van der Waals surface area contributed by atoms with Crippen molar-refractivity contribution in [3.63, 3.8) is 0 Å². The van der Waals surface area contributed by atoms with Gasteiger partial charge in [-0.05, 0) is 24.1 Å². The van der Waals surface area contributed by atoms with Crippen LogP contribution in [-0.4, -0.2) is 55.1 Å². The van der Waals surface area contributed by atoms with Crippen molar-refractivity contribution >= 4 is 11.8 Å². The number of nitrogens with zero attached hydrogens (tertiary/aromatic N) is 4. The summed E-state index contributed by atoms with van der Waals surface area (Å²) in [6.07, 6.45) is 2.56. The summed E-state index contributed by atoms with van der Waals surface area (Å²) in [5.41, 5.74) is 1.20. The summed E-state index contributed by atoms with van der Waals surface area (Å²) in [7, 11) is 1.67. The number of morpholine rings is 1. The number of ether oxygens (including phenoxy) is 2. The number of nitrogens with one attached hydrogen (secondary N) is 1. The van der Waals surface area contributed by atoms with Gasteiger partial charge in [0.2, 0.25) is 5.95 Å². The molecule has 1 aromatic heterocycles. The average Bonchev–Trinajstić information content (AvgIpc) is 2.63. The van der Waals surface area contributed by atoms with Gasteiger partial charge >= 0.3 is 0 Å². The van der Waals surface area contributed by atoms with Gasteiger partial charge in [0.05, 0.1) is 26.5 Å². The Bertz CT molecular complexity index is 631. The number of hydrogen-bond acceptors (Lipinski definition) is 7. The third-order valence-corrected chi connectivity index (χ3v) is 3.71. The van der Waals surface area contributed by atoms with Gasteiger partial charge in [-0.1, -0.05) is 12.1 Å². The van der Waals surface area contributed by atoms with E-state index in [1.807, 2.05) is 18.2 Å². The molecule has 7 nitrogen and oxygen atoms in total. The molecule has 0 atom stereocenters. The van der Waals surface area contributed by atoms with Crippen LogP contribution in [0.2, 0.25) is 0 Å². The standard InChI is InChI=1S/C16H21N5O2/c1-22-14-4-2-3-13(11-14)5-6-17-16-19-15(12-18-20-16)21-7-9-23-10-8-21/h2-4,11-12H,5-10H2,1H3,(H,17,19,20). The SMILES string of the molecule is COc1cccc(CCNc2nncc(N3CCOCC3)n2)c1. The number of methoxy groups -OCH3 is 1. The smallest absolute Gasteiger partial charge is 0.244 e. The molecule has 0 bridgehead atoms. The van der Waals surface area contributed by atoms with E-state index in [4.69, 9.17) is 9.47 Å². The summed E-state index contributed by atoms with van der Waals surface area (Å²) in [4.78, 5) is 6.68. The third-order valence-electron chi connectivity index (χ3n) is 3.71. The van der Waals surface area contributed by atoms with Crippen molar-refractivity contribution in [3.05, 3.63) is 36.0 Å². The Morgan fingerprint density at radius 1 is 1.30 bits per heavy atom. The molecule has 0 unspecified atom stereocenters. The molecule has 122 valence electrons. The summed E-state index contributed by atoms with van der Waals surface area (Å²) in [5.74, 6) is 2.26. The Labute approximate surface area is 135 Å². The maximum atomic E-state index is 5.35. The van der Waals surface area contributed by atoms with E-state index in [2.05, 4.69) is 31.5 Å². The fourth-order valence-electron chi connectivity index (χ4n) is 2.46. The van der Waals surface area contributed by atoms with Crippen molar-refractivity contribution in [2.45, 2.75) is 6.42 Å². The van der Waals surface area contributed by atoms with Crippen LogP contribution in [-0.2, 0) is 11.2 Å². The van der Waals surface area contributed by atoms with Crippen LogP contribution in [0.25, 0.3) is 0 Å². The van der Waals surface area contributed by atoms with Gasteiger partial charge < -0.3 is 19.7 Å². The average molecular weight is 315 g/mol. The molecule has 1 aliphatic rings. The first-order valence-corrected chi connectivity index (χ1v) is 7.74. The van der Waals surface area contributed by atoms with Crippen molar-refractivity contribution in [2.24, 2.45) is 0 Å². The maximum absolute atomic E-state index is 5.35. The second kappa shape index (κ2) is 7.73. The van der Waals surface area contributed by atoms with Gasteiger partial charge in [0.25, 0.3) is 0 Å². The van der Waals surface area contributed by atoms with E-state index in [1.54, 1.807) is 13.3 Å². The molecule has 23 heavy (non-hydrogen) atoms. The molecule has 1 aromatic carbocycles. The summed E-state index contributed by atoms with van der Waals surface area (Å²) < 4.78 is 10.6. The van der Waals surface area contributed by atoms with E-state index in [0.717, 1.165) is 50.8 Å². The van der Waals surface area contributed by atoms with Gasteiger partial charge in [-0.3, -0.25) is 0 Å². The van der Waals surface area contributed by atoms with Crippen molar-refractivity contribution in [1.82, 2.24) is 15.2 Å². The predicted octanol–water partition coefficient (Wildman–Crippen LogP) is 1.37. The van der Waals surface area contributed by atoms with Gasteiger partial charge in [-0.25, -0.2) is 0 Å². The third kappa shape index (κ3) is 4.29. The molecule has 7 heteroatoms. The zero-order valence-electron chi connectivity index (χ0n) is 13.2. The number of rotatable bonds is 6. The Kier molecular flexibility index (Phi) is 5.21. The molecule has 2 heterocycles. The minimum atomic E-state index is 0.553. The maximum Gasteiger partial charge on any atom is 0.244 e. The number of hydrogen-bond donors (Lipinski definition) is 1. The molecule has 0 amide bonds. The van der Waals surface area contributed by atoms with Crippen molar-refractivity contribution in [1.29, 1.82) is 0 Å². The van der Waals surface area contributed by atoms with Gasteiger partial charge in [-0.15, -0.1) is 5.10 Å². The highest BCUT2D eigenvalue weighted by Crippen LogP contribution is 2.14. The first-order valence-electron chi connectivity index (χ1n) is 7.74. The lowest BCUT2D eigenvalue weighted by atomic mass is 10.1. The van der Waals surface area contributed by atoms with E-state index in [9.17, 15) is 0 Å². The van der Waals surface area contributed by atoms with Gasteiger partial charge in [0.15, 0.2) is 5.82 Å². The van der Waals surface area contributed by atoms with Crippen LogP contribution in [0, 0.1) is 0 Å². The molecular formula is C16H21N5O2. The van der Waals surface area contributed by atoms with Crippen LogP contribution in [0.1, 0.15) is 5.56 Å². The van der Waals surface area contributed by atoms with Crippen LogP contribution in [0.15, 0.2) is 30.5 Å². The Balaban J connectivity index is 1.55. The summed E-state index contributed by atoms with van der Waals surface area (Å²) >= 11 is 0. The second-order valence-corrected chi connectivity index (χ2v) is 5.27. The van der Waals surface area contributed by atoms with Crippen LogP contribution in [0.4, 0.5) is 11.8 Å². The van der Waals surface area contributed by atoms with Crippen LogP contribution < -0.4 is 15.0 Å². The van der Waals surface area contributed by atoms with Gasteiger partial charge in [0.1, 0.15) is 5.75 Å². The Morgan fingerprint density at radius 3 is 3.00 bits per heavy atom. The number of benzene rings is 1. The summed E-state index contributed by atoms with van der Waals surface area (Å²) in [6.45, 7) is 3.86. The van der Waals surface area contributed by atoms with E-state index < -0.39 is 0 Å². The highest BCUT2D eigenvalue weighted by molar-refractivity contribution is 5.40. The first-order chi connectivity index (χ1) is 11.3. The molecular weight excluding hydrogens is 294 g/mol. The Hall–Kier alpha value is -2.41. The van der Waals surface area contributed by atoms with Crippen molar-refractivity contribution in [2.75, 3.05) is 50.2 Å². The van der Waals surface area contributed by atoms with Gasteiger partial charge in [-0.2, -0.15) is 10.1 Å². The molecule has 0 saturated carbocycles. The van der Waals surface area contributed by atoms with E-state index in [0.29, 0.717) is 5.95 Å². The monoisotopic (exact) mass is 315 g/mol. The molecule has 1 N–H and O–H groups in total. The summed E-state index contributed by atoms with van der Waals surface area (Å²) in [5, 5.41) is 11.3. The molecule has 0 radical (unpaired) electrons. The van der Waals surface area contributed by atoms with E-state index in [1.165, 1.54) is 5.56 Å². The van der Waals surface area contributed by atoms with Crippen LogP contribution in [0.5, 0.6) is 5.75 Å². The molecule has 0 aliphatic carbocycles. The molecule has 3 rings (SSSR count). The quantitative estimate of drug-likeness (QED) is 0.863. The van der Waals surface area contributed by atoms with Crippen LogP contribution >= 0.6 is 0 Å². The summed E-state index contributed by atoms with van der Waals surface area (Å²) in [6, 6.07) is 8.04. The van der Waals surface area contributed by atoms with E-state index in [-0.39, 0.29) is 0 Å². The molecule has 0 spiro atoms. The molecule has 1 aliphatic heterocycles. The molecule has 1 saturated heterocycles. The fourth-order valence-corrected chi connectivity index (χ4v) is 2.46. The van der Waals surface area contributed by atoms with Crippen LogP contribution in [0.3, 0.4) is 0 Å². The molecule has 2 aromatic rings. The first kappa shape index (κ1) is 15.5. The Morgan fingerprint density at radius 2 is 2.17 bits per heavy atom. The highest BCUT2D eigenvalue weighted by atomic mass is 16.5. The minimum Gasteiger partial charge on any atom is -0.497 e. The van der Waals surface area contributed by atoms with E-state index >= 15 is 0 Å². The fraction of sp³-hybridized carbons (Fsp3) is 0.438. The topological polar surface area (TPSA) is 72.4 Å². The minimum absolute atomic E-state index is 0.553. The highest BCUT2D eigenvalue weighted by Gasteiger charge is 2.13. The predicted molar refractivity (Wildman–Crippen MR) is 88.0 cm³/mol. The number of aromatic nitrogens is 3.